The van der Waals surface area contributed by atoms with E-state index in [1.165, 1.54) is 0 Å². The van der Waals surface area contributed by atoms with E-state index in [1.54, 1.807) is 0 Å². The molecule has 0 saturated heterocycles. The molecule has 0 aromatic rings. The van der Waals surface area contributed by atoms with E-state index in [0.29, 0.717) is 12.8 Å². The molecular weight excluding hydrogens is 236 g/mol. The van der Waals surface area contributed by atoms with Crippen LogP contribution >= 0.6 is 0 Å². The number of carboxylic acid groups (broad SMARTS) is 2. The van der Waals surface area contributed by atoms with Gasteiger partial charge in [0.25, 0.3) is 0 Å². The summed E-state index contributed by atoms with van der Waals surface area (Å²) in [6.07, 6.45) is 3.24. The summed E-state index contributed by atoms with van der Waals surface area (Å²) in [5.74, 6) is -5.44. The van der Waals surface area contributed by atoms with Crippen molar-refractivity contribution in [3.05, 3.63) is 0 Å². The zero-order valence-electron chi connectivity index (χ0n) is 11.0. The topological polar surface area (TPSA) is 91.7 Å². The van der Waals surface area contributed by atoms with Crippen molar-refractivity contribution < 1.29 is 24.6 Å². The van der Waals surface area contributed by atoms with Crippen LogP contribution in [0, 0.1) is 11.8 Å². The SMILES string of the molecule is CCCCC(C(=O)O)C(=O)C(CCCC)C(=O)O. The molecule has 0 amide bonds. The number of carboxylic acids is 2. The summed E-state index contributed by atoms with van der Waals surface area (Å²) in [6.45, 7) is 3.80. The predicted molar refractivity (Wildman–Crippen MR) is 66.3 cm³/mol. The van der Waals surface area contributed by atoms with Crippen LogP contribution in [0.2, 0.25) is 0 Å². The minimum absolute atomic E-state index is 0.223. The van der Waals surface area contributed by atoms with Gasteiger partial charge < -0.3 is 10.2 Å². The van der Waals surface area contributed by atoms with Gasteiger partial charge in [0, 0.05) is 0 Å². The summed E-state index contributed by atoms with van der Waals surface area (Å²) in [6, 6.07) is 0. The van der Waals surface area contributed by atoms with E-state index in [-0.39, 0.29) is 12.8 Å². The van der Waals surface area contributed by atoms with Gasteiger partial charge in [0.15, 0.2) is 5.78 Å². The highest BCUT2D eigenvalue weighted by molar-refractivity contribution is 6.07. The maximum atomic E-state index is 12.0. The van der Waals surface area contributed by atoms with Gasteiger partial charge in [0.2, 0.25) is 0 Å². The van der Waals surface area contributed by atoms with Gasteiger partial charge in [-0.25, -0.2) is 0 Å². The molecule has 0 bridgehead atoms. The third kappa shape index (κ3) is 5.29. The third-order valence-electron chi connectivity index (χ3n) is 2.98. The van der Waals surface area contributed by atoms with Crippen LogP contribution in [0.5, 0.6) is 0 Å². The Morgan fingerprint density at radius 1 is 0.833 bits per heavy atom. The summed E-state index contributed by atoms with van der Waals surface area (Å²) in [5.41, 5.74) is 0. The first-order chi connectivity index (χ1) is 8.45. The van der Waals surface area contributed by atoms with Crippen molar-refractivity contribution in [1.82, 2.24) is 0 Å². The number of Topliss-reactive ketones (excluding diaryl/α,β-unsaturated/α-hetero) is 1. The van der Waals surface area contributed by atoms with Gasteiger partial charge in [0.1, 0.15) is 11.8 Å². The Kier molecular flexibility index (Phi) is 8.00. The van der Waals surface area contributed by atoms with E-state index in [4.69, 9.17) is 10.2 Å². The highest BCUT2D eigenvalue weighted by atomic mass is 16.4. The standard InChI is InChI=1S/C13H22O5/c1-3-5-7-9(12(15)16)11(14)10(13(17)18)8-6-4-2/h9-10H,3-8H2,1-2H3,(H,15,16)(H,17,18). The molecule has 0 aliphatic carbocycles. The molecule has 2 atom stereocenters. The highest BCUT2D eigenvalue weighted by Crippen LogP contribution is 2.20. The van der Waals surface area contributed by atoms with E-state index in [9.17, 15) is 14.4 Å². The number of carbonyl (C=O) groups is 3. The number of hydrogen-bond donors (Lipinski definition) is 2. The quantitative estimate of drug-likeness (QED) is 0.587. The Balaban J connectivity index is 4.77. The second kappa shape index (κ2) is 8.66. The zero-order valence-corrected chi connectivity index (χ0v) is 11.0. The minimum atomic E-state index is -1.21. The lowest BCUT2D eigenvalue weighted by atomic mass is 9.86. The van der Waals surface area contributed by atoms with Crippen LogP contribution in [-0.4, -0.2) is 27.9 Å². The molecule has 2 N–H and O–H groups in total. The number of carbonyl (C=O) groups excluding carboxylic acids is 1. The lowest BCUT2D eigenvalue weighted by Gasteiger charge is -2.16. The predicted octanol–water partition coefficient (Wildman–Crippen LogP) is 2.34. The second-order valence-corrected chi connectivity index (χ2v) is 4.47. The van der Waals surface area contributed by atoms with E-state index < -0.39 is 29.6 Å². The van der Waals surface area contributed by atoms with Crippen LogP contribution in [0.4, 0.5) is 0 Å². The Bertz CT molecular complexity index is 270. The number of rotatable bonds is 10. The van der Waals surface area contributed by atoms with Crippen molar-refractivity contribution in [3.8, 4) is 0 Å². The van der Waals surface area contributed by atoms with Crippen LogP contribution in [0.3, 0.4) is 0 Å². The molecule has 0 heterocycles. The van der Waals surface area contributed by atoms with Gasteiger partial charge in [-0.2, -0.15) is 0 Å². The fourth-order valence-electron chi connectivity index (χ4n) is 1.83. The van der Waals surface area contributed by atoms with Crippen LogP contribution < -0.4 is 0 Å². The van der Waals surface area contributed by atoms with Crippen molar-refractivity contribution >= 4 is 17.7 Å². The van der Waals surface area contributed by atoms with Gasteiger partial charge in [-0.15, -0.1) is 0 Å². The molecule has 0 fully saturated rings. The van der Waals surface area contributed by atoms with Gasteiger partial charge >= 0.3 is 11.9 Å². The molecule has 0 aromatic carbocycles. The minimum Gasteiger partial charge on any atom is -0.481 e. The molecule has 0 aromatic heterocycles. The van der Waals surface area contributed by atoms with E-state index >= 15 is 0 Å². The van der Waals surface area contributed by atoms with Gasteiger partial charge in [0.05, 0.1) is 0 Å². The van der Waals surface area contributed by atoms with Gasteiger partial charge in [-0.1, -0.05) is 39.5 Å². The average Bonchev–Trinajstić information content (AvgIpc) is 2.29. The molecule has 0 aliphatic rings. The Hall–Kier alpha value is -1.39. The molecule has 104 valence electrons. The molecule has 0 rings (SSSR count). The third-order valence-corrected chi connectivity index (χ3v) is 2.98. The van der Waals surface area contributed by atoms with E-state index in [2.05, 4.69) is 0 Å². The number of hydrogen-bond acceptors (Lipinski definition) is 3. The van der Waals surface area contributed by atoms with Crippen molar-refractivity contribution in [1.29, 1.82) is 0 Å². The Labute approximate surface area is 107 Å². The molecule has 5 heteroatoms. The van der Waals surface area contributed by atoms with Crippen LogP contribution in [0.25, 0.3) is 0 Å². The maximum Gasteiger partial charge on any atom is 0.314 e. The molecule has 2 unspecified atom stereocenters. The summed E-state index contributed by atoms with van der Waals surface area (Å²) >= 11 is 0. The number of unbranched alkanes of at least 4 members (excludes halogenated alkanes) is 2. The summed E-state index contributed by atoms with van der Waals surface area (Å²) in [7, 11) is 0. The first-order valence-electron chi connectivity index (χ1n) is 6.44. The summed E-state index contributed by atoms with van der Waals surface area (Å²) in [5, 5.41) is 18.0. The first kappa shape index (κ1) is 16.6. The lowest BCUT2D eigenvalue weighted by Crippen LogP contribution is -2.34. The zero-order chi connectivity index (χ0) is 14.1. The van der Waals surface area contributed by atoms with Crippen LogP contribution in [-0.2, 0) is 14.4 Å². The van der Waals surface area contributed by atoms with Crippen LogP contribution in [0.1, 0.15) is 52.4 Å². The maximum absolute atomic E-state index is 12.0. The Morgan fingerprint density at radius 3 is 1.39 bits per heavy atom. The molecule has 5 nitrogen and oxygen atoms in total. The smallest absolute Gasteiger partial charge is 0.314 e. The van der Waals surface area contributed by atoms with E-state index in [0.717, 1.165) is 12.8 Å². The average molecular weight is 258 g/mol. The molecule has 18 heavy (non-hydrogen) atoms. The Morgan fingerprint density at radius 2 is 1.17 bits per heavy atom. The van der Waals surface area contributed by atoms with Crippen molar-refractivity contribution in [2.45, 2.75) is 52.4 Å². The fraction of sp³-hybridized carbons (Fsp3) is 0.769. The van der Waals surface area contributed by atoms with E-state index in [1.807, 2.05) is 13.8 Å². The summed E-state index contributed by atoms with van der Waals surface area (Å²) in [4.78, 5) is 34.0. The normalized spacial score (nSPS) is 13.9. The number of ketones is 1. The second-order valence-electron chi connectivity index (χ2n) is 4.47. The largest absolute Gasteiger partial charge is 0.481 e. The van der Waals surface area contributed by atoms with Gasteiger partial charge in [-0.05, 0) is 12.8 Å². The molecule has 0 spiro atoms. The summed E-state index contributed by atoms with van der Waals surface area (Å²) < 4.78 is 0. The van der Waals surface area contributed by atoms with Gasteiger partial charge in [-0.3, -0.25) is 14.4 Å². The van der Waals surface area contributed by atoms with Crippen molar-refractivity contribution in [2.24, 2.45) is 11.8 Å². The fourth-order valence-corrected chi connectivity index (χ4v) is 1.83. The lowest BCUT2D eigenvalue weighted by molar-refractivity contribution is -0.152. The molecule has 0 aliphatic heterocycles. The highest BCUT2D eigenvalue weighted by Gasteiger charge is 2.35. The molecular formula is C13H22O5. The number of aliphatic carboxylic acids is 2. The first-order valence-corrected chi connectivity index (χ1v) is 6.44. The van der Waals surface area contributed by atoms with Crippen LogP contribution in [0.15, 0.2) is 0 Å². The monoisotopic (exact) mass is 258 g/mol. The van der Waals surface area contributed by atoms with Crippen molar-refractivity contribution in [3.63, 3.8) is 0 Å². The molecule has 0 saturated carbocycles. The molecule has 0 radical (unpaired) electrons. The van der Waals surface area contributed by atoms with Crippen molar-refractivity contribution in [2.75, 3.05) is 0 Å².